The van der Waals surface area contributed by atoms with Gasteiger partial charge < -0.3 is 5.11 Å². The lowest BCUT2D eigenvalue weighted by Crippen LogP contribution is -2.20. The van der Waals surface area contributed by atoms with Gasteiger partial charge in [0, 0.05) is 11.0 Å². The van der Waals surface area contributed by atoms with Crippen molar-refractivity contribution in [3.05, 3.63) is 83.7 Å². The number of para-hydroxylation sites is 1. The molecule has 1 aromatic heterocycles. The van der Waals surface area contributed by atoms with Crippen LogP contribution in [0, 0.1) is 0 Å². The van der Waals surface area contributed by atoms with Gasteiger partial charge in [-0.05, 0) is 17.7 Å². The van der Waals surface area contributed by atoms with Gasteiger partial charge in [0.1, 0.15) is 6.10 Å². The van der Waals surface area contributed by atoms with Gasteiger partial charge >= 0.3 is 0 Å². The third kappa shape index (κ3) is 3.06. The van der Waals surface area contributed by atoms with Crippen LogP contribution >= 0.6 is 0 Å². The van der Waals surface area contributed by atoms with Crippen molar-refractivity contribution in [2.75, 3.05) is 0 Å². The van der Waals surface area contributed by atoms with Crippen molar-refractivity contribution in [3.8, 4) is 5.69 Å². The number of aromatic nitrogens is 2. The van der Waals surface area contributed by atoms with Crippen molar-refractivity contribution >= 4 is 0 Å². The highest BCUT2D eigenvalue weighted by atomic mass is 16.3. The van der Waals surface area contributed by atoms with E-state index in [-0.39, 0.29) is 5.41 Å². The molecule has 0 spiro atoms. The Bertz CT molecular complexity index is 770. The summed E-state index contributed by atoms with van der Waals surface area (Å²) in [7, 11) is 0. The molecule has 23 heavy (non-hydrogen) atoms. The standard InChI is InChI=1S/C20H22N2O/c1-20(2,3)19-17(18(23)15-10-6-4-7-11-15)14-21-22(19)16-12-8-5-9-13-16/h4-14,18,23H,1-3H3. The summed E-state index contributed by atoms with van der Waals surface area (Å²) in [5.74, 6) is 0. The van der Waals surface area contributed by atoms with Gasteiger partial charge in [-0.15, -0.1) is 0 Å². The molecule has 0 aliphatic heterocycles. The van der Waals surface area contributed by atoms with Gasteiger partial charge in [-0.2, -0.15) is 5.10 Å². The largest absolute Gasteiger partial charge is 0.384 e. The van der Waals surface area contributed by atoms with Gasteiger partial charge in [0.15, 0.2) is 0 Å². The Hall–Kier alpha value is -2.39. The van der Waals surface area contributed by atoms with Crippen LogP contribution in [-0.4, -0.2) is 14.9 Å². The first kappa shape index (κ1) is 15.5. The zero-order chi connectivity index (χ0) is 16.4. The van der Waals surface area contributed by atoms with Crippen LogP contribution in [0.2, 0.25) is 0 Å². The molecule has 0 amide bonds. The molecule has 1 atom stereocenters. The summed E-state index contributed by atoms with van der Waals surface area (Å²) in [4.78, 5) is 0. The van der Waals surface area contributed by atoms with Crippen LogP contribution in [-0.2, 0) is 5.41 Å². The monoisotopic (exact) mass is 306 g/mol. The number of benzene rings is 2. The predicted octanol–water partition coefficient (Wildman–Crippen LogP) is 4.25. The normalized spacial score (nSPS) is 13.0. The molecule has 3 heteroatoms. The Kier molecular flexibility index (Phi) is 4.05. The average Bonchev–Trinajstić information content (AvgIpc) is 3.01. The van der Waals surface area contributed by atoms with Gasteiger partial charge in [0.05, 0.1) is 17.6 Å². The summed E-state index contributed by atoms with van der Waals surface area (Å²) in [6, 6.07) is 19.8. The highest BCUT2D eigenvalue weighted by Gasteiger charge is 2.28. The van der Waals surface area contributed by atoms with Gasteiger partial charge in [-0.1, -0.05) is 69.3 Å². The molecule has 0 saturated carbocycles. The maximum atomic E-state index is 10.8. The molecule has 1 heterocycles. The molecule has 3 rings (SSSR count). The van der Waals surface area contributed by atoms with Crippen LogP contribution in [0.15, 0.2) is 66.9 Å². The van der Waals surface area contributed by atoms with E-state index >= 15 is 0 Å². The van der Waals surface area contributed by atoms with Gasteiger partial charge in [0.2, 0.25) is 0 Å². The van der Waals surface area contributed by atoms with Crippen LogP contribution in [0.4, 0.5) is 0 Å². The average molecular weight is 306 g/mol. The highest BCUT2D eigenvalue weighted by Crippen LogP contribution is 2.34. The van der Waals surface area contributed by atoms with Crippen molar-refractivity contribution in [2.45, 2.75) is 32.3 Å². The molecular formula is C20H22N2O. The number of nitrogens with zero attached hydrogens (tertiary/aromatic N) is 2. The molecule has 0 aliphatic carbocycles. The van der Waals surface area contributed by atoms with E-state index < -0.39 is 6.10 Å². The number of rotatable bonds is 3. The summed E-state index contributed by atoms with van der Waals surface area (Å²) in [6.07, 6.45) is 1.11. The number of aliphatic hydroxyl groups is 1. The summed E-state index contributed by atoms with van der Waals surface area (Å²) in [5.41, 5.74) is 3.62. The van der Waals surface area contributed by atoms with E-state index in [9.17, 15) is 5.11 Å². The predicted molar refractivity (Wildman–Crippen MR) is 92.8 cm³/mol. The van der Waals surface area contributed by atoms with E-state index in [0.717, 1.165) is 22.5 Å². The zero-order valence-corrected chi connectivity index (χ0v) is 13.8. The second-order valence-electron chi connectivity index (χ2n) is 6.76. The molecule has 3 aromatic rings. The minimum absolute atomic E-state index is 0.141. The van der Waals surface area contributed by atoms with E-state index in [1.165, 1.54) is 0 Å². The zero-order valence-electron chi connectivity index (χ0n) is 13.8. The highest BCUT2D eigenvalue weighted by molar-refractivity contribution is 5.41. The molecule has 3 nitrogen and oxygen atoms in total. The fourth-order valence-electron chi connectivity index (χ4n) is 2.89. The van der Waals surface area contributed by atoms with E-state index in [1.807, 2.05) is 65.3 Å². The summed E-state index contributed by atoms with van der Waals surface area (Å²) >= 11 is 0. The fraction of sp³-hybridized carbons (Fsp3) is 0.250. The quantitative estimate of drug-likeness (QED) is 0.785. The van der Waals surface area contributed by atoms with Crippen molar-refractivity contribution < 1.29 is 5.11 Å². The Morgan fingerprint density at radius 1 is 0.913 bits per heavy atom. The van der Waals surface area contributed by atoms with Crippen LogP contribution < -0.4 is 0 Å². The summed E-state index contributed by atoms with van der Waals surface area (Å²) in [5, 5.41) is 15.4. The lowest BCUT2D eigenvalue weighted by Gasteiger charge is -2.24. The molecule has 118 valence electrons. The van der Waals surface area contributed by atoms with Gasteiger partial charge in [-0.25, -0.2) is 4.68 Å². The maximum absolute atomic E-state index is 10.8. The molecule has 1 unspecified atom stereocenters. The van der Waals surface area contributed by atoms with E-state index in [2.05, 4.69) is 25.9 Å². The first-order valence-electron chi connectivity index (χ1n) is 7.85. The minimum Gasteiger partial charge on any atom is -0.384 e. The SMILES string of the molecule is CC(C)(C)c1c(C(O)c2ccccc2)cnn1-c1ccccc1. The molecule has 0 saturated heterocycles. The number of aliphatic hydroxyl groups excluding tert-OH is 1. The lowest BCUT2D eigenvalue weighted by atomic mass is 9.86. The molecule has 0 fully saturated rings. The molecule has 1 N–H and O–H groups in total. The third-order valence-electron chi connectivity index (χ3n) is 3.92. The van der Waals surface area contributed by atoms with Crippen LogP contribution in [0.5, 0.6) is 0 Å². The number of hydrogen-bond donors (Lipinski definition) is 1. The Morgan fingerprint density at radius 3 is 2.04 bits per heavy atom. The van der Waals surface area contributed by atoms with Crippen molar-refractivity contribution in [1.29, 1.82) is 0 Å². The Labute approximate surface area is 137 Å². The Balaban J connectivity index is 2.14. The Morgan fingerprint density at radius 2 is 1.48 bits per heavy atom. The second kappa shape index (κ2) is 6.01. The van der Waals surface area contributed by atoms with Crippen LogP contribution in [0.1, 0.15) is 43.7 Å². The minimum atomic E-state index is -0.678. The third-order valence-corrected chi connectivity index (χ3v) is 3.92. The van der Waals surface area contributed by atoms with Crippen molar-refractivity contribution in [1.82, 2.24) is 9.78 Å². The lowest BCUT2D eigenvalue weighted by molar-refractivity contribution is 0.217. The summed E-state index contributed by atoms with van der Waals surface area (Å²) < 4.78 is 1.93. The first-order valence-corrected chi connectivity index (χ1v) is 7.85. The molecule has 0 radical (unpaired) electrons. The summed E-state index contributed by atoms with van der Waals surface area (Å²) in [6.45, 7) is 6.43. The number of hydrogen-bond acceptors (Lipinski definition) is 2. The maximum Gasteiger partial charge on any atom is 0.107 e. The fourth-order valence-corrected chi connectivity index (χ4v) is 2.89. The molecule has 0 bridgehead atoms. The first-order chi connectivity index (χ1) is 11.0. The van der Waals surface area contributed by atoms with E-state index in [1.54, 1.807) is 6.20 Å². The van der Waals surface area contributed by atoms with Crippen molar-refractivity contribution in [2.24, 2.45) is 0 Å². The van der Waals surface area contributed by atoms with Gasteiger partial charge in [-0.3, -0.25) is 0 Å². The smallest absolute Gasteiger partial charge is 0.107 e. The van der Waals surface area contributed by atoms with Crippen LogP contribution in [0.25, 0.3) is 5.69 Å². The van der Waals surface area contributed by atoms with E-state index in [4.69, 9.17) is 0 Å². The van der Waals surface area contributed by atoms with E-state index in [0.29, 0.717) is 0 Å². The second-order valence-corrected chi connectivity index (χ2v) is 6.76. The molecular weight excluding hydrogens is 284 g/mol. The molecule has 2 aromatic carbocycles. The topological polar surface area (TPSA) is 38.1 Å². The van der Waals surface area contributed by atoms with Gasteiger partial charge in [0.25, 0.3) is 0 Å². The van der Waals surface area contributed by atoms with Crippen LogP contribution in [0.3, 0.4) is 0 Å². The van der Waals surface area contributed by atoms with Crippen molar-refractivity contribution in [3.63, 3.8) is 0 Å². The molecule has 0 aliphatic rings.